The molecule has 1 saturated heterocycles. The van der Waals surface area contributed by atoms with Crippen LogP contribution < -0.4 is 0 Å². The maximum atomic E-state index is 12.1. The van der Waals surface area contributed by atoms with Gasteiger partial charge in [0.05, 0.1) is 11.0 Å². The minimum Gasteiger partial charge on any atom is -0.462 e. The van der Waals surface area contributed by atoms with E-state index < -0.39 is 17.1 Å². The van der Waals surface area contributed by atoms with E-state index in [1.54, 1.807) is 32.9 Å². The highest BCUT2D eigenvalue weighted by Crippen LogP contribution is 2.32. The Labute approximate surface area is 126 Å². The van der Waals surface area contributed by atoms with Crippen LogP contribution in [0.4, 0.5) is 4.79 Å². The molecule has 1 fully saturated rings. The molecule has 0 bridgehead atoms. The molecule has 1 aromatic rings. The molecule has 0 saturated carbocycles. The standard InChI is InChI=1S/C14H15NO5S/c1-8(2)19-12(16)7-15-13(17)11(21-14(15)18)6-10-5-4-9(3)20-10/h4-6,8H,7H2,1-3H3/b11-6+. The molecule has 2 heterocycles. The first-order chi connectivity index (χ1) is 9.86. The van der Waals surface area contributed by atoms with E-state index in [1.165, 1.54) is 6.08 Å². The highest BCUT2D eigenvalue weighted by molar-refractivity contribution is 8.18. The zero-order chi connectivity index (χ0) is 15.6. The van der Waals surface area contributed by atoms with Crippen LogP contribution in [-0.2, 0) is 14.3 Å². The van der Waals surface area contributed by atoms with E-state index in [1.807, 2.05) is 0 Å². The lowest BCUT2D eigenvalue weighted by atomic mass is 10.3. The van der Waals surface area contributed by atoms with Gasteiger partial charge >= 0.3 is 5.97 Å². The van der Waals surface area contributed by atoms with E-state index in [9.17, 15) is 14.4 Å². The van der Waals surface area contributed by atoms with Crippen LogP contribution in [0.25, 0.3) is 6.08 Å². The molecule has 1 aliphatic heterocycles. The Morgan fingerprint density at radius 1 is 1.43 bits per heavy atom. The third-order valence-corrected chi connectivity index (χ3v) is 3.47. The monoisotopic (exact) mass is 309 g/mol. The number of carbonyl (C=O) groups is 3. The smallest absolute Gasteiger partial charge is 0.326 e. The van der Waals surface area contributed by atoms with Gasteiger partial charge in [0.1, 0.15) is 18.1 Å². The summed E-state index contributed by atoms with van der Waals surface area (Å²) >= 11 is 0.778. The third kappa shape index (κ3) is 3.75. The van der Waals surface area contributed by atoms with Crippen LogP contribution in [0.15, 0.2) is 21.5 Å². The second-order valence-corrected chi connectivity index (χ2v) is 5.75. The van der Waals surface area contributed by atoms with E-state index in [4.69, 9.17) is 9.15 Å². The summed E-state index contributed by atoms with van der Waals surface area (Å²) in [7, 11) is 0. The lowest BCUT2D eigenvalue weighted by molar-refractivity contribution is -0.149. The normalized spacial score (nSPS) is 17.1. The van der Waals surface area contributed by atoms with Crippen LogP contribution in [-0.4, -0.2) is 34.7 Å². The van der Waals surface area contributed by atoms with Gasteiger partial charge in [-0.3, -0.25) is 19.3 Å². The molecule has 0 atom stereocenters. The number of ether oxygens (including phenoxy) is 1. The zero-order valence-corrected chi connectivity index (χ0v) is 12.7. The quantitative estimate of drug-likeness (QED) is 0.628. The molecule has 2 rings (SSSR count). The molecule has 0 radical (unpaired) electrons. The van der Waals surface area contributed by atoms with Crippen molar-refractivity contribution in [1.82, 2.24) is 4.90 Å². The minimum atomic E-state index is -0.609. The van der Waals surface area contributed by atoms with Gasteiger partial charge in [0.2, 0.25) is 0 Å². The summed E-state index contributed by atoms with van der Waals surface area (Å²) in [6.07, 6.45) is 1.20. The fourth-order valence-electron chi connectivity index (χ4n) is 1.73. The molecule has 21 heavy (non-hydrogen) atoms. The van der Waals surface area contributed by atoms with Crippen molar-refractivity contribution in [2.24, 2.45) is 0 Å². The number of rotatable bonds is 4. The number of hydrogen-bond acceptors (Lipinski definition) is 6. The first-order valence-corrected chi connectivity index (χ1v) is 7.19. The molecular weight excluding hydrogens is 294 g/mol. The van der Waals surface area contributed by atoms with Crippen molar-refractivity contribution in [2.45, 2.75) is 26.9 Å². The van der Waals surface area contributed by atoms with Crippen molar-refractivity contribution in [3.8, 4) is 0 Å². The van der Waals surface area contributed by atoms with Gasteiger partial charge in [-0.2, -0.15) is 0 Å². The van der Waals surface area contributed by atoms with Crippen LogP contribution in [0.2, 0.25) is 0 Å². The molecule has 0 spiro atoms. The summed E-state index contributed by atoms with van der Waals surface area (Å²) in [6, 6.07) is 3.46. The van der Waals surface area contributed by atoms with Crippen molar-refractivity contribution >= 4 is 35.0 Å². The number of esters is 1. The average molecular weight is 309 g/mol. The molecule has 6 nitrogen and oxygen atoms in total. The van der Waals surface area contributed by atoms with Gasteiger partial charge < -0.3 is 9.15 Å². The first-order valence-electron chi connectivity index (χ1n) is 6.38. The molecule has 0 N–H and O–H groups in total. The van der Waals surface area contributed by atoms with Gasteiger partial charge in [0.15, 0.2) is 0 Å². The number of furan rings is 1. The largest absolute Gasteiger partial charge is 0.462 e. The summed E-state index contributed by atoms with van der Waals surface area (Å²) in [5.41, 5.74) is 0. The fourth-order valence-corrected chi connectivity index (χ4v) is 2.54. The maximum absolute atomic E-state index is 12.1. The fraction of sp³-hybridized carbons (Fsp3) is 0.357. The molecule has 1 aromatic heterocycles. The van der Waals surface area contributed by atoms with Gasteiger partial charge in [0, 0.05) is 6.08 Å². The topological polar surface area (TPSA) is 76.8 Å². The van der Waals surface area contributed by atoms with Crippen LogP contribution >= 0.6 is 11.8 Å². The van der Waals surface area contributed by atoms with Gasteiger partial charge in [-0.05, 0) is 44.7 Å². The average Bonchev–Trinajstić information content (AvgIpc) is 2.88. The minimum absolute atomic E-state index is 0.228. The highest BCUT2D eigenvalue weighted by Gasteiger charge is 2.37. The number of hydrogen-bond donors (Lipinski definition) is 0. The van der Waals surface area contributed by atoms with Gasteiger partial charge in [-0.25, -0.2) is 0 Å². The molecule has 7 heteroatoms. The molecular formula is C14H15NO5S. The van der Waals surface area contributed by atoms with Gasteiger partial charge in [-0.1, -0.05) is 0 Å². The van der Waals surface area contributed by atoms with Crippen LogP contribution in [0.5, 0.6) is 0 Å². The number of nitrogens with zero attached hydrogens (tertiary/aromatic N) is 1. The number of aryl methyl sites for hydroxylation is 1. The van der Waals surface area contributed by atoms with Crippen LogP contribution in [0.3, 0.4) is 0 Å². The van der Waals surface area contributed by atoms with Crippen molar-refractivity contribution < 1.29 is 23.5 Å². The molecule has 2 amide bonds. The number of amides is 2. The number of thioether (sulfide) groups is 1. The summed E-state index contributed by atoms with van der Waals surface area (Å²) in [6.45, 7) is 4.80. The van der Waals surface area contributed by atoms with E-state index in [2.05, 4.69) is 0 Å². The van der Waals surface area contributed by atoms with Crippen molar-refractivity contribution in [3.63, 3.8) is 0 Å². The number of imide groups is 1. The Bertz CT molecular complexity index is 617. The third-order valence-electron chi connectivity index (χ3n) is 2.56. The second-order valence-electron chi connectivity index (χ2n) is 4.75. The number of carbonyl (C=O) groups excluding carboxylic acids is 3. The Kier molecular flexibility index (Phi) is 4.52. The Balaban J connectivity index is 2.09. The summed E-state index contributed by atoms with van der Waals surface area (Å²) < 4.78 is 10.3. The lowest BCUT2D eigenvalue weighted by Gasteiger charge is -2.13. The maximum Gasteiger partial charge on any atom is 0.326 e. The van der Waals surface area contributed by atoms with Crippen molar-refractivity contribution in [3.05, 3.63) is 28.6 Å². The predicted octanol–water partition coefficient (Wildman–Crippen LogP) is 2.58. The van der Waals surface area contributed by atoms with E-state index in [0.29, 0.717) is 11.5 Å². The second kappa shape index (κ2) is 6.17. The molecule has 1 aliphatic rings. The van der Waals surface area contributed by atoms with E-state index >= 15 is 0 Å². The molecule has 112 valence electrons. The SMILES string of the molecule is Cc1ccc(/C=C2/SC(=O)N(CC(=O)OC(C)C)C2=O)o1. The lowest BCUT2D eigenvalue weighted by Crippen LogP contribution is -2.35. The van der Waals surface area contributed by atoms with Gasteiger partial charge in [-0.15, -0.1) is 0 Å². The molecule has 0 unspecified atom stereocenters. The summed E-state index contributed by atoms with van der Waals surface area (Å²) in [5, 5.41) is -0.491. The van der Waals surface area contributed by atoms with E-state index in [0.717, 1.165) is 16.7 Å². The van der Waals surface area contributed by atoms with Crippen molar-refractivity contribution in [2.75, 3.05) is 6.54 Å². The van der Waals surface area contributed by atoms with Gasteiger partial charge in [0.25, 0.3) is 11.1 Å². The van der Waals surface area contributed by atoms with Crippen LogP contribution in [0, 0.1) is 6.92 Å². The Hall–Kier alpha value is -2.02. The molecule has 0 aromatic carbocycles. The first kappa shape index (κ1) is 15.4. The Morgan fingerprint density at radius 3 is 2.71 bits per heavy atom. The zero-order valence-electron chi connectivity index (χ0n) is 11.9. The van der Waals surface area contributed by atoms with E-state index in [-0.39, 0.29) is 17.6 Å². The predicted molar refractivity (Wildman–Crippen MR) is 77.4 cm³/mol. The Morgan fingerprint density at radius 2 is 2.14 bits per heavy atom. The summed E-state index contributed by atoms with van der Waals surface area (Å²) in [4.78, 5) is 36.6. The molecule has 0 aliphatic carbocycles. The highest BCUT2D eigenvalue weighted by atomic mass is 32.2. The summed E-state index contributed by atoms with van der Waals surface area (Å²) in [5.74, 6) is 0.0749. The van der Waals surface area contributed by atoms with Crippen LogP contribution in [0.1, 0.15) is 25.4 Å². The van der Waals surface area contributed by atoms with Crippen molar-refractivity contribution in [1.29, 1.82) is 0 Å².